The highest BCUT2D eigenvalue weighted by atomic mass is 16.4. The van der Waals surface area contributed by atoms with E-state index in [9.17, 15) is 14.7 Å². The van der Waals surface area contributed by atoms with Gasteiger partial charge >= 0.3 is 5.97 Å². The lowest BCUT2D eigenvalue weighted by atomic mass is 9.81. The molecule has 0 spiro atoms. The lowest BCUT2D eigenvalue weighted by Gasteiger charge is -2.42. The van der Waals surface area contributed by atoms with Crippen LogP contribution in [0, 0.1) is 5.92 Å². The molecule has 1 amide bonds. The molecule has 232 valence electrons. The number of nitrogens with one attached hydrogen (secondary N) is 1. The first-order valence-corrected chi connectivity index (χ1v) is 15.5. The van der Waals surface area contributed by atoms with Crippen LogP contribution in [0.15, 0.2) is 84.1 Å². The summed E-state index contributed by atoms with van der Waals surface area (Å²) in [6.45, 7) is 24.9. The Kier molecular flexibility index (Phi) is 14.8. The lowest BCUT2D eigenvalue weighted by Crippen LogP contribution is -2.47. The highest BCUT2D eigenvalue weighted by Gasteiger charge is 2.34. The number of rotatable bonds is 18. The second kappa shape index (κ2) is 16.9. The monoisotopic (exact) mass is 576 g/mol. The zero-order valence-corrected chi connectivity index (χ0v) is 27.8. The number of carbonyl (C=O) groups excluding carboxylic acids is 1. The Labute approximate surface area is 256 Å². The van der Waals surface area contributed by atoms with E-state index in [2.05, 4.69) is 76.3 Å². The minimum Gasteiger partial charge on any atom is -0.478 e. The average molecular weight is 577 g/mol. The van der Waals surface area contributed by atoms with Gasteiger partial charge < -0.3 is 15.3 Å². The minimum atomic E-state index is -0.968. The van der Waals surface area contributed by atoms with Crippen LogP contribution in [-0.4, -0.2) is 34.5 Å². The van der Waals surface area contributed by atoms with Crippen LogP contribution in [-0.2, 0) is 10.3 Å². The molecule has 0 saturated heterocycles. The number of allylic oxidation sites excluding steroid dienone is 6. The van der Waals surface area contributed by atoms with Gasteiger partial charge in [0.15, 0.2) is 0 Å². The van der Waals surface area contributed by atoms with E-state index in [0.29, 0.717) is 29.9 Å². The molecule has 0 unspecified atom stereocenters. The predicted octanol–water partition coefficient (Wildman–Crippen LogP) is 9.35. The molecule has 42 heavy (non-hydrogen) atoms. The summed E-state index contributed by atoms with van der Waals surface area (Å²) in [5.74, 6) is -0.711. The molecule has 1 rings (SSSR count). The normalized spacial score (nSPS) is 13.9. The Morgan fingerprint density at radius 2 is 1.64 bits per heavy atom. The molecule has 1 atom stereocenters. The third-order valence-electron chi connectivity index (χ3n) is 8.72. The summed E-state index contributed by atoms with van der Waals surface area (Å²) in [5, 5.41) is 12.7. The van der Waals surface area contributed by atoms with Crippen molar-refractivity contribution in [1.29, 1.82) is 0 Å². The second-order valence-corrected chi connectivity index (χ2v) is 11.9. The maximum Gasteiger partial charge on any atom is 0.335 e. The van der Waals surface area contributed by atoms with E-state index in [1.54, 1.807) is 12.1 Å². The molecule has 5 nitrogen and oxygen atoms in total. The van der Waals surface area contributed by atoms with E-state index >= 15 is 0 Å². The van der Waals surface area contributed by atoms with Crippen molar-refractivity contribution in [2.75, 3.05) is 7.05 Å². The van der Waals surface area contributed by atoms with Gasteiger partial charge in [0.1, 0.15) is 0 Å². The van der Waals surface area contributed by atoms with Gasteiger partial charge in [-0.1, -0.05) is 76.3 Å². The number of carboxylic acid groups (broad SMARTS) is 1. The van der Waals surface area contributed by atoms with Gasteiger partial charge in [0.05, 0.1) is 16.7 Å². The highest BCUT2D eigenvalue weighted by molar-refractivity contribution is 5.98. The summed E-state index contributed by atoms with van der Waals surface area (Å²) in [6, 6.07) is 6.81. The number of benzene rings is 1. The Hall–Kier alpha value is -3.34. The molecule has 0 heterocycles. The average Bonchev–Trinajstić information content (AvgIpc) is 2.95. The summed E-state index contributed by atoms with van der Waals surface area (Å²) in [7, 11) is 2.07. The molecular weight excluding hydrogens is 520 g/mol. The van der Waals surface area contributed by atoms with Crippen molar-refractivity contribution in [1.82, 2.24) is 10.2 Å². The fraction of sp³-hybridized carbons (Fsp3) is 0.514. The third kappa shape index (κ3) is 9.61. The number of carboxylic acids is 1. The zero-order valence-electron chi connectivity index (χ0n) is 27.8. The number of hydrogen-bond acceptors (Lipinski definition) is 3. The first-order chi connectivity index (χ1) is 19.7. The van der Waals surface area contributed by atoms with Crippen LogP contribution >= 0.6 is 0 Å². The summed E-state index contributed by atoms with van der Waals surface area (Å²) >= 11 is 0. The molecular formula is C37H56N2O3. The van der Waals surface area contributed by atoms with E-state index < -0.39 is 11.5 Å². The molecule has 5 heteroatoms. The van der Waals surface area contributed by atoms with Crippen molar-refractivity contribution in [3.8, 4) is 0 Å². The van der Waals surface area contributed by atoms with Gasteiger partial charge in [-0.3, -0.25) is 4.79 Å². The number of aromatic carboxylic acids is 1. The number of hydrogen-bond donors (Lipinski definition) is 2. The zero-order chi connectivity index (χ0) is 32.1. The summed E-state index contributed by atoms with van der Waals surface area (Å²) in [4.78, 5) is 27.6. The maximum atomic E-state index is 14.0. The molecule has 0 aromatic heterocycles. The molecule has 0 aliphatic carbocycles. The summed E-state index contributed by atoms with van der Waals surface area (Å²) in [6.07, 6.45) is 14.9. The molecule has 0 aliphatic rings. The third-order valence-corrected chi connectivity index (χ3v) is 8.72. The fourth-order valence-corrected chi connectivity index (χ4v) is 5.78. The van der Waals surface area contributed by atoms with Crippen LogP contribution in [0.4, 0.5) is 0 Å². The van der Waals surface area contributed by atoms with Crippen molar-refractivity contribution in [2.45, 2.75) is 111 Å². The van der Waals surface area contributed by atoms with Gasteiger partial charge in [0, 0.05) is 18.3 Å². The minimum absolute atomic E-state index is 0.167. The van der Waals surface area contributed by atoms with Crippen molar-refractivity contribution in [2.24, 2.45) is 5.92 Å². The SMILES string of the molecule is C=CC/C=C\C/C(=C\CC)[C@H](CC)CC(C)(C)N(C)/C(C)=C(\C(=C)C)C(=O)NC(CC)(CC)c1ccc(C(=O)O)cc1. The number of amides is 1. The Bertz CT molecular complexity index is 1160. The van der Waals surface area contributed by atoms with Crippen molar-refractivity contribution in [3.63, 3.8) is 0 Å². The van der Waals surface area contributed by atoms with Gasteiger partial charge in [0.2, 0.25) is 0 Å². The largest absolute Gasteiger partial charge is 0.478 e. The predicted molar refractivity (Wildman–Crippen MR) is 179 cm³/mol. The van der Waals surface area contributed by atoms with Crippen LogP contribution in [0.2, 0.25) is 0 Å². The van der Waals surface area contributed by atoms with Crippen molar-refractivity contribution >= 4 is 11.9 Å². The van der Waals surface area contributed by atoms with Crippen LogP contribution in [0.3, 0.4) is 0 Å². The first-order valence-electron chi connectivity index (χ1n) is 15.5. The van der Waals surface area contributed by atoms with Crippen LogP contribution in [0.1, 0.15) is 116 Å². The quantitative estimate of drug-likeness (QED) is 0.104. The molecule has 1 aromatic carbocycles. The van der Waals surface area contributed by atoms with E-state index in [1.165, 1.54) is 5.57 Å². The summed E-state index contributed by atoms with van der Waals surface area (Å²) in [5.41, 5.74) is 3.91. The standard InChI is InChI=1S/C37H56N2O3/c1-12-17-18-19-21-30(20-13-2)29(14-3)26-36(9,10)39(11)28(8)33(27(6)7)34(40)38-37(15-4,16-5)32-24-22-31(23-25-32)35(41)42/h12,18-20,22-25,29H,1,6,13-17,21,26H2,2-5,7-11H3,(H,38,40)(H,41,42)/b19-18-,30-20+,33-28+/t29-/m1/s1. The topological polar surface area (TPSA) is 69.6 Å². The molecule has 0 radical (unpaired) electrons. The maximum absolute atomic E-state index is 14.0. The molecule has 0 aliphatic heterocycles. The highest BCUT2D eigenvalue weighted by Crippen LogP contribution is 2.35. The van der Waals surface area contributed by atoms with E-state index in [0.717, 1.165) is 43.4 Å². The van der Waals surface area contributed by atoms with Crippen LogP contribution in [0.25, 0.3) is 0 Å². The van der Waals surface area contributed by atoms with Gasteiger partial charge in [-0.15, -0.1) is 6.58 Å². The first kappa shape index (κ1) is 36.7. The van der Waals surface area contributed by atoms with Crippen LogP contribution < -0.4 is 5.32 Å². The number of carbonyl (C=O) groups is 2. The molecule has 0 saturated carbocycles. The second-order valence-electron chi connectivity index (χ2n) is 11.9. The van der Waals surface area contributed by atoms with E-state index in [1.807, 2.05) is 45.9 Å². The molecule has 2 N–H and O–H groups in total. The molecule has 0 bridgehead atoms. The van der Waals surface area contributed by atoms with Crippen molar-refractivity contribution in [3.05, 3.63) is 95.3 Å². The number of nitrogens with zero attached hydrogens (tertiary/aromatic N) is 1. The van der Waals surface area contributed by atoms with Crippen LogP contribution in [0.5, 0.6) is 0 Å². The lowest BCUT2D eigenvalue weighted by molar-refractivity contribution is -0.119. The fourth-order valence-electron chi connectivity index (χ4n) is 5.78. The van der Waals surface area contributed by atoms with Gasteiger partial charge in [-0.05, 0) is 102 Å². The Morgan fingerprint density at radius 1 is 1.05 bits per heavy atom. The van der Waals surface area contributed by atoms with Gasteiger partial charge in [0.25, 0.3) is 5.91 Å². The smallest absolute Gasteiger partial charge is 0.335 e. The summed E-state index contributed by atoms with van der Waals surface area (Å²) < 4.78 is 0. The Morgan fingerprint density at radius 3 is 2.10 bits per heavy atom. The van der Waals surface area contributed by atoms with Crippen molar-refractivity contribution < 1.29 is 14.7 Å². The van der Waals surface area contributed by atoms with E-state index in [4.69, 9.17) is 0 Å². The Balaban J connectivity index is 3.40. The van der Waals surface area contributed by atoms with E-state index in [-0.39, 0.29) is 17.0 Å². The molecule has 1 aromatic rings. The molecule has 0 fully saturated rings. The van der Waals surface area contributed by atoms with Gasteiger partial charge in [-0.25, -0.2) is 4.79 Å². The van der Waals surface area contributed by atoms with Gasteiger partial charge in [-0.2, -0.15) is 0 Å².